The van der Waals surface area contributed by atoms with Gasteiger partial charge in [-0.2, -0.15) is 0 Å². The molecule has 0 spiro atoms. The lowest BCUT2D eigenvalue weighted by molar-refractivity contribution is -0.380. The summed E-state index contributed by atoms with van der Waals surface area (Å²) < 4.78 is 10.1. The summed E-state index contributed by atoms with van der Waals surface area (Å²) in [5.74, 6) is 0. The Morgan fingerprint density at radius 3 is 2.88 bits per heavy atom. The molecular formula is C10H16N2O4S. The van der Waals surface area contributed by atoms with Crippen molar-refractivity contribution >= 4 is 16.3 Å². The van der Waals surface area contributed by atoms with Crippen LogP contribution in [-0.4, -0.2) is 38.4 Å². The van der Waals surface area contributed by atoms with E-state index in [0.717, 1.165) is 11.4 Å². The van der Waals surface area contributed by atoms with Crippen LogP contribution in [0.3, 0.4) is 0 Å². The van der Waals surface area contributed by atoms with Gasteiger partial charge in [-0.1, -0.05) is 11.3 Å². The number of rotatable bonds is 9. The molecule has 96 valence electrons. The van der Waals surface area contributed by atoms with Crippen LogP contribution in [-0.2, 0) is 16.0 Å². The number of ether oxygens (including phenoxy) is 2. The van der Waals surface area contributed by atoms with Crippen molar-refractivity contribution in [1.29, 1.82) is 0 Å². The highest BCUT2D eigenvalue weighted by Crippen LogP contribution is 2.23. The SMILES string of the molecule is COCCOCCNCc1ccc([N+](=O)[O-])s1. The average Bonchev–Trinajstić information content (AvgIpc) is 2.77. The molecule has 7 heteroatoms. The first-order valence-electron chi connectivity index (χ1n) is 5.24. The smallest absolute Gasteiger partial charge is 0.324 e. The molecule has 0 aromatic carbocycles. The molecule has 6 nitrogen and oxygen atoms in total. The zero-order chi connectivity index (χ0) is 12.5. The van der Waals surface area contributed by atoms with Gasteiger partial charge < -0.3 is 14.8 Å². The Kier molecular flexibility index (Phi) is 6.71. The molecule has 0 aliphatic heterocycles. The van der Waals surface area contributed by atoms with E-state index < -0.39 is 0 Å². The number of hydrogen-bond acceptors (Lipinski definition) is 6. The molecule has 0 atom stereocenters. The van der Waals surface area contributed by atoms with E-state index in [9.17, 15) is 10.1 Å². The van der Waals surface area contributed by atoms with Gasteiger partial charge in [0.25, 0.3) is 0 Å². The molecule has 1 heterocycles. The Labute approximate surface area is 104 Å². The molecule has 0 amide bonds. The second-order valence-electron chi connectivity index (χ2n) is 3.28. The highest BCUT2D eigenvalue weighted by Gasteiger charge is 2.08. The van der Waals surface area contributed by atoms with Gasteiger partial charge in [-0.15, -0.1) is 0 Å². The van der Waals surface area contributed by atoms with Crippen molar-refractivity contribution in [3.8, 4) is 0 Å². The van der Waals surface area contributed by atoms with Crippen LogP contribution in [0.15, 0.2) is 12.1 Å². The number of hydrogen-bond donors (Lipinski definition) is 1. The van der Waals surface area contributed by atoms with Crippen molar-refractivity contribution in [2.75, 3.05) is 33.5 Å². The average molecular weight is 260 g/mol. The van der Waals surface area contributed by atoms with Crippen molar-refractivity contribution in [2.24, 2.45) is 0 Å². The fraction of sp³-hybridized carbons (Fsp3) is 0.600. The van der Waals surface area contributed by atoms with Gasteiger partial charge in [0.2, 0.25) is 0 Å². The summed E-state index contributed by atoms with van der Waals surface area (Å²) in [5.41, 5.74) is 0. The number of nitro groups is 1. The van der Waals surface area contributed by atoms with Gasteiger partial charge in [-0.3, -0.25) is 10.1 Å². The third kappa shape index (κ3) is 5.73. The van der Waals surface area contributed by atoms with Crippen molar-refractivity contribution in [2.45, 2.75) is 6.54 Å². The zero-order valence-corrected chi connectivity index (χ0v) is 10.5. The lowest BCUT2D eigenvalue weighted by atomic mass is 10.4. The molecule has 0 bridgehead atoms. The second kappa shape index (κ2) is 8.13. The molecule has 17 heavy (non-hydrogen) atoms. The second-order valence-corrected chi connectivity index (χ2v) is 4.43. The summed E-state index contributed by atoms with van der Waals surface area (Å²) in [6.45, 7) is 3.14. The molecule has 0 aliphatic rings. The van der Waals surface area contributed by atoms with Gasteiger partial charge >= 0.3 is 5.00 Å². The Morgan fingerprint density at radius 1 is 1.41 bits per heavy atom. The Morgan fingerprint density at radius 2 is 2.24 bits per heavy atom. The lowest BCUT2D eigenvalue weighted by Crippen LogP contribution is -2.19. The Hall–Kier alpha value is -1.02. The normalized spacial score (nSPS) is 10.6. The van der Waals surface area contributed by atoms with Crippen molar-refractivity contribution in [3.63, 3.8) is 0 Å². The van der Waals surface area contributed by atoms with E-state index in [4.69, 9.17) is 9.47 Å². The molecule has 0 aliphatic carbocycles. The summed E-state index contributed by atoms with van der Waals surface area (Å²) in [5, 5.41) is 13.8. The quantitative estimate of drug-likeness (QED) is 0.413. The monoisotopic (exact) mass is 260 g/mol. The van der Waals surface area contributed by atoms with Gasteiger partial charge in [-0.25, -0.2) is 0 Å². The van der Waals surface area contributed by atoms with Crippen LogP contribution >= 0.6 is 11.3 Å². The van der Waals surface area contributed by atoms with E-state index in [1.54, 1.807) is 13.2 Å². The molecule has 1 aromatic rings. The standard InChI is InChI=1S/C10H16N2O4S/c1-15-6-7-16-5-4-11-8-9-2-3-10(17-9)12(13)14/h2-3,11H,4-8H2,1H3. The van der Waals surface area contributed by atoms with Gasteiger partial charge in [0.15, 0.2) is 0 Å². The zero-order valence-electron chi connectivity index (χ0n) is 9.68. The highest BCUT2D eigenvalue weighted by molar-refractivity contribution is 7.15. The van der Waals surface area contributed by atoms with Gasteiger partial charge in [0.1, 0.15) is 0 Å². The minimum absolute atomic E-state index is 0.179. The Balaban J connectivity index is 2.07. The predicted octanol–water partition coefficient (Wildman–Crippen LogP) is 1.41. The van der Waals surface area contributed by atoms with Crippen LogP contribution in [0.25, 0.3) is 0 Å². The van der Waals surface area contributed by atoms with Gasteiger partial charge in [0, 0.05) is 31.1 Å². The molecule has 0 radical (unpaired) electrons. The fourth-order valence-corrected chi connectivity index (χ4v) is 1.95. The first-order chi connectivity index (χ1) is 8.24. The minimum atomic E-state index is -0.373. The van der Waals surface area contributed by atoms with Crippen LogP contribution in [0.1, 0.15) is 4.88 Å². The van der Waals surface area contributed by atoms with E-state index in [2.05, 4.69) is 5.32 Å². The topological polar surface area (TPSA) is 73.6 Å². The molecule has 0 saturated heterocycles. The molecule has 0 unspecified atom stereocenters. The van der Waals surface area contributed by atoms with Gasteiger partial charge in [-0.05, 0) is 6.07 Å². The van der Waals surface area contributed by atoms with Crippen LogP contribution in [0.2, 0.25) is 0 Å². The van der Waals surface area contributed by atoms with E-state index in [-0.39, 0.29) is 9.92 Å². The van der Waals surface area contributed by atoms with E-state index in [1.165, 1.54) is 17.4 Å². The number of nitrogens with zero attached hydrogens (tertiary/aromatic N) is 1. The van der Waals surface area contributed by atoms with E-state index in [1.807, 2.05) is 0 Å². The summed E-state index contributed by atoms with van der Waals surface area (Å²) in [6.07, 6.45) is 0. The predicted molar refractivity (Wildman–Crippen MR) is 65.4 cm³/mol. The number of thiophene rings is 1. The molecular weight excluding hydrogens is 244 g/mol. The number of methoxy groups -OCH3 is 1. The van der Waals surface area contributed by atoms with Crippen LogP contribution in [0, 0.1) is 10.1 Å². The summed E-state index contributed by atoms with van der Waals surface area (Å²) in [6, 6.07) is 3.29. The minimum Gasteiger partial charge on any atom is -0.382 e. The lowest BCUT2D eigenvalue weighted by Gasteiger charge is -2.04. The summed E-state index contributed by atoms with van der Waals surface area (Å²) >= 11 is 1.19. The maximum absolute atomic E-state index is 10.5. The maximum atomic E-state index is 10.5. The first-order valence-corrected chi connectivity index (χ1v) is 6.06. The summed E-state index contributed by atoms with van der Waals surface area (Å²) in [7, 11) is 1.63. The molecule has 0 saturated carbocycles. The van der Waals surface area contributed by atoms with Crippen LogP contribution in [0.5, 0.6) is 0 Å². The summed E-state index contributed by atoms with van der Waals surface area (Å²) in [4.78, 5) is 11.0. The van der Waals surface area contributed by atoms with Crippen LogP contribution < -0.4 is 5.32 Å². The van der Waals surface area contributed by atoms with Crippen LogP contribution in [0.4, 0.5) is 5.00 Å². The largest absolute Gasteiger partial charge is 0.382 e. The first kappa shape index (κ1) is 14.0. The third-order valence-corrected chi connectivity index (χ3v) is 3.02. The van der Waals surface area contributed by atoms with E-state index in [0.29, 0.717) is 26.4 Å². The molecule has 1 rings (SSSR count). The van der Waals surface area contributed by atoms with Crippen molar-refractivity contribution in [1.82, 2.24) is 5.32 Å². The highest BCUT2D eigenvalue weighted by atomic mass is 32.1. The molecule has 1 N–H and O–H groups in total. The number of nitrogens with one attached hydrogen (secondary N) is 1. The maximum Gasteiger partial charge on any atom is 0.324 e. The molecule has 0 fully saturated rings. The van der Waals surface area contributed by atoms with Crippen molar-refractivity contribution in [3.05, 3.63) is 27.1 Å². The third-order valence-electron chi connectivity index (χ3n) is 1.98. The Bertz CT molecular complexity index is 343. The fourth-order valence-electron chi connectivity index (χ4n) is 1.16. The molecule has 1 aromatic heterocycles. The van der Waals surface area contributed by atoms with Crippen molar-refractivity contribution < 1.29 is 14.4 Å². The van der Waals surface area contributed by atoms with Gasteiger partial charge in [0.05, 0.1) is 24.7 Å². The van der Waals surface area contributed by atoms with E-state index >= 15 is 0 Å².